The van der Waals surface area contributed by atoms with E-state index in [-0.39, 0.29) is 17.4 Å². The van der Waals surface area contributed by atoms with E-state index < -0.39 is 5.91 Å². The normalized spacial score (nSPS) is 12.3. The fraction of sp³-hybridized carbons (Fsp3) is 0.0952. The number of nitriles is 1. The molecule has 0 fully saturated rings. The molecule has 3 rings (SSSR count). The van der Waals surface area contributed by atoms with Crippen LogP contribution in [0.4, 0.5) is 4.39 Å². The third-order valence-electron chi connectivity index (χ3n) is 4.18. The van der Waals surface area contributed by atoms with Gasteiger partial charge in [-0.05, 0) is 42.8 Å². The van der Waals surface area contributed by atoms with Crippen molar-refractivity contribution in [2.75, 3.05) is 0 Å². The lowest BCUT2D eigenvalue weighted by Crippen LogP contribution is -2.27. The van der Waals surface area contributed by atoms with Gasteiger partial charge in [-0.25, -0.2) is 4.39 Å². The van der Waals surface area contributed by atoms with E-state index in [2.05, 4.69) is 31.4 Å². The molecule has 0 aliphatic heterocycles. The first-order valence-electron chi connectivity index (χ1n) is 8.45. The number of nitrogens with one attached hydrogen (secondary N) is 2. The van der Waals surface area contributed by atoms with Crippen molar-refractivity contribution in [3.8, 4) is 17.3 Å². The fourth-order valence-corrected chi connectivity index (χ4v) is 2.93. The van der Waals surface area contributed by atoms with Crippen LogP contribution in [-0.2, 0) is 4.79 Å². The maximum atomic E-state index is 13.1. The average Bonchev–Trinajstić information content (AvgIpc) is 3.15. The first-order valence-corrected chi connectivity index (χ1v) is 9.24. The van der Waals surface area contributed by atoms with E-state index in [1.807, 2.05) is 30.3 Å². The van der Waals surface area contributed by atoms with E-state index in [1.165, 1.54) is 18.2 Å². The van der Waals surface area contributed by atoms with Crippen LogP contribution in [0.2, 0.25) is 0 Å². The van der Waals surface area contributed by atoms with Crippen molar-refractivity contribution in [3.05, 3.63) is 81.7 Å². The van der Waals surface area contributed by atoms with Crippen molar-refractivity contribution < 1.29 is 9.18 Å². The van der Waals surface area contributed by atoms with Crippen molar-refractivity contribution in [2.45, 2.75) is 13.0 Å². The molecule has 5 nitrogen and oxygen atoms in total. The molecule has 140 valence electrons. The third-order valence-corrected chi connectivity index (χ3v) is 4.71. The number of halogens is 2. The lowest BCUT2D eigenvalue weighted by molar-refractivity contribution is -0.117. The molecule has 1 atom stereocenters. The Morgan fingerprint density at radius 3 is 2.57 bits per heavy atom. The zero-order valence-electron chi connectivity index (χ0n) is 14.9. The van der Waals surface area contributed by atoms with E-state index in [0.717, 1.165) is 15.6 Å². The second kappa shape index (κ2) is 8.63. The first-order chi connectivity index (χ1) is 13.5. The Labute approximate surface area is 170 Å². The van der Waals surface area contributed by atoms with Gasteiger partial charge in [0.25, 0.3) is 5.91 Å². The van der Waals surface area contributed by atoms with Gasteiger partial charge < -0.3 is 5.32 Å². The Morgan fingerprint density at radius 1 is 1.25 bits per heavy atom. The molecule has 0 radical (unpaired) electrons. The largest absolute Gasteiger partial charge is 0.345 e. The third kappa shape index (κ3) is 4.53. The van der Waals surface area contributed by atoms with Gasteiger partial charge in [-0.2, -0.15) is 10.4 Å². The maximum Gasteiger partial charge on any atom is 0.262 e. The minimum Gasteiger partial charge on any atom is -0.345 e. The van der Waals surface area contributed by atoms with Crippen LogP contribution in [0.25, 0.3) is 17.3 Å². The predicted octanol–water partition coefficient (Wildman–Crippen LogP) is 4.76. The number of hydrogen-bond donors (Lipinski definition) is 2. The minimum atomic E-state index is -0.512. The smallest absolute Gasteiger partial charge is 0.262 e. The summed E-state index contributed by atoms with van der Waals surface area (Å²) in [7, 11) is 0. The summed E-state index contributed by atoms with van der Waals surface area (Å²) >= 11 is 3.39. The van der Waals surface area contributed by atoms with Crippen LogP contribution >= 0.6 is 15.9 Å². The Hall–Kier alpha value is -3.24. The second-order valence-corrected chi connectivity index (χ2v) is 7.04. The van der Waals surface area contributed by atoms with Gasteiger partial charge in [0, 0.05) is 15.6 Å². The molecule has 1 unspecified atom stereocenters. The molecular weight excluding hydrogens is 423 g/mol. The average molecular weight is 439 g/mol. The number of rotatable bonds is 5. The first kappa shape index (κ1) is 19.5. The molecule has 7 heteroatoms. The predicted molar refractivity (Wildman–Crippen MR) is 108 cm³/mol. The Bertz CT molecular complexity index is 1050. The van der Waals surface area contributed by atoms with Crippen LogP contribution in [0.5, 0.6) is 0 Å². The quantitative estimate of drug-likeness (QED) is 0.444. The highest BCUT2D eigenvalue weighted by Gasteiger charge is 2.15. The zero-order valence-corrected chi connectivity index (χ0v) is 16.5. The number of hydrogen-bond acceptors (Lipinski definition) is 3. The highest BCUT2D eigenvalue weighted by Crippen LogP contribution is 2.25. The molecule has 0 spiro atoms. The maximum absolute atomic E-state index is 13.1. The van der Waals surface area contributed by atoms with Gasteiger partial charge in [0.2, 0.25) is 0 Å². The number of nitrogens with zero attached hydrogens (tertiary/aromatic N) is 2. The molecule has 28 heavy (non-hydrogen) atoms. The van der Waals surface area contributed by atoms with E-state index in [1.54, 1.807) is 25.3 Å². The van der Waals surface area contributed by atoms with Crippen molar-refractivity contribution in [2.24, 2.45) is 0 Å². The topological polar surface area (TPSA) is 81.6 Å². The van der Waals surface area contributed by atoms with Gasteiger partial charge in [-0.1, -0.05) is 40.2 Å². The van der Waals surface area contributed by atoms with Crippen molar-refractivity contribution in [1.82, 2.24) is 15.5 Å². The SMILES string of the molecule is CC(NC(=O)C(C#N)=Cc1cn[nH]c1-c1ccc(Br)cc1)c1ccc(F)cc1. The van der Waals surface area contributed by atoms with Gasteiger partial charge in [0.1, 0.15) is 17.5 Å². The number of benzene rings is 2. The highest BCUT2D eigenvalue weighted by atomic mass is 79.9. The Kier molecular flexibility index (Phi) is 6.02. The van der Waals surface area contributed by atoms with E-state index >= 15 is 0 Å². The van der Waals surface area contributed by atoms with Gasteiger partial charge in [0.05, 0.1) is 17.9 Å². The van der Waals surface area contributed by atoms with Crippen LogP contribution in [-0.4, -0.2) is 16.1 Å². The molecule has 1 aromatic heterocycles. The molecular formula is C21H16BrFN4O. The Morgan fingerprint density at radius 2 is 1.93 bits per heavy atom. The van der Waals surface area contributed by atoms with Crippen LogP contribution in [0.3, 0.4) is 0 Å². The molecule has 0 aliphatic rings. The summed E-state index contributed by atoms with van der Waals surface area (Å²) in [6, 6.07) is 15.0. The minimum absolute atomic E-state index is 0.0475. The molecule has 0 saturated carbocycles. The number of aromatic nitrogens is 2. The summed E-state index contributed by atoms with van der Waals surface area (Å²) in [4.78, 5) is 12.5. The summed E-state index contributed by atoms with van der Waals surface area (Å²) in [5.41, 5.74) is 2.91. The van der Waals surface area contributed by atoms with E-state index in [9.17, 15) is 14.4 Å². The van der Waals surface area contributed by atoms with Gasteiger partial charge >= 0.3 is 0 Å². The molecule has 1 amide bonds. The van der Waals surface area contributed by atoms with E-state index in [0.29, 0.717) is 11.3 Å². The molecule has 2 aromatic carbocycles. The summed E-state index contributed by atoms with van der Waals surface area (Å²) in [5.74, 6) is -0.859. The lowest BCUT2D eigenvalue weighted by atomic mass is 10.0. The summed E-state index contributed by atoms with van der Waals surface area (Å²) < 4.78 is 14.0. The number of H-pyrrole nitrogens is 1. The van der Waals surface area contributed by atoms with Gasteiger partial charge in [-0.15, -0.1) is 0 Å². The summed E-state index contributed by atoms with van der Waals surface area (Å²) in [6.45, 7) is 1.77. The molecule has 0 aliphatic carbocycles. The van der Waals surface area contributed by atoms with Gasteiger partial charge in [0.15, 0.2) is 0 Å². The highest BCUT2D eigenvalue weighted by molar-refractivity contribution is 9.10. The molecule has 2 N–H and O–H groups in total. The van der Waals surface area contributed by atoms with Crippen LogP contribution < -0.4 is 5.32 Å². The standard InChI is InChI=1S/C21H16BrFN4O/c1-13(14-4-8-19(23)9-5-14)26-21(28)16(11-24)10-17-12-25-27-20(17)15-2-6-18(22)7-3-15/h2-10,12-13H,1H3,(H,25,27)(H,26,28). The number of carbonyl (C=O) groups is 1. The molecule has 0 saturated heterocycles. The molecule has 0 bridgehead atoms. The molecule has 3 aromatic rings. The van der Waals surface area contributed by atoms with Crippen LogP contribution in [0.15, 0.2) is 64.8 Å². The molecule has 1 heterocycles. The Balaban J connectivity index is 1.81. The lowest BCUT2D eigenvalue weighted by Gasteiger charge is -2.14. The number of carbonyl (C=O) groups excluding carboxylic acids is 1. The van der Waals surface area contributed by atoms with E-state index in [4.69, 9.17) is 0 Å². The zero-order chi connectivity index (χ0) is 20.1. The van der Waals surface area contributed by atoms with Crippen LogP contribution in [0, 0.1) is 17.1 Å². The summed E-state index contributed by atoms with van der Waals surface area (Å²) in [6.07, 6.45) is 3.05. The second-order valence-electron chi connectivity index (χ2n) is 6.12. The monoisotopic (exact) mass is 438 g/mol. The van der Waals surface area contributed by atoms with Crippen molar-refractivity contribution >= 4 is 27.9 Å². The van der Waals surface area contributed by atoms with Crippen molar-refractivity contribution in [3.63, 3.8) is 0 Å². The number of aromatic amines is 1. The number of amides is 1. The van der Waals surface area contributed by atoms with Gasteiger partial charge in [-0.3, -0.25) is 9.89 Å². The van der Waals surface area contributed by atoms with Crippen molar-refractivity contribution in [1.29, 1.82) is 5.26 Å². The summed E-state index contributed by atoms with van der Waals surface area (Å²) in [5, 5.41) is 19.1. The van der Waals surface area contributed by atoms with Crippen LogP contribution in [0.1, 0.15) is 24.1 Å². The fourth-order valence-electron chi connectivity index (χ4n) is 2.67.